The number of nitrogen functional groups attached to an aromatic ring is 1. The third-order valence-electron chi connectivity index (χ3n) is 2.62. The van der Waals surface area contributed by atoms with Gasteiger partial charge in [-0.25, -0.2) is 17.2 Å². The van der Waals surface area contributed by atoms with E-state index in [4.69, 9.17) is 5.73 Å². The molecule has 2 N–H and O–H groups in total. The van der Waals surface area contributed by atoms with Crippen LogP contribution in [-0.2, 0) is 9.84 Å². The first-order valence-corrected chi connectivity index (χ1v) is 7.22. The van der Waals surface area contributed by atoms with Crippen LogP contribution >= 0.6 is 0 Å². The van der Waals surface area contributed by atoms with Crippen LogP contribution in [0.4, 0.5) is 14.5 Å². The quantitative estimate of drug-likeness (QED) is 0.862. The zero-order valence-electron chi connectivity index (χ0n) is 10.0. The van der Waals surface area contributed by atoms with Crippen molar-refractivity contribution in [2.45, 2.75) is 4.90 Å². The van der Waals surface area contributed by atoms with E-state index in [0.29, 0.717) is 5.56 Å². The minimum absolute atomic E-state index is 0.0608. The van der Waals surface area contributed by atoms with Crippen molar-refractivity contribution in [3.8, 4) is 11.1 Å². The number of halogens is 2. The Kier molecular flexibility index (Phi) is 3.28. The maximum absolute atomic E-state index is 13.1. The predicted molar refractivity (Wildman–Crippen MR) is 69.3 cm³/mol. The molecule has 0 aliphatic heterocycles. The molecule has 0 bridgehead atoms. The number of hydrogen-bond acceptors (Lipinski definition) is 3. The average molecular weight is 283 g/mol. The lowest BCUT2D eigenvalue weighted by Crippen LogP contribution is -1.99. The molecule has 0 heterocycles. The summed E-state index contributed by atoms with van der Waals surface area (Å²) in [5.41, 5.74) is 6.53. The van der Waals surface area contributed by atoms with Crippen LogP contribution in [0.5, 0.6) is 0 Å². The highest BCUT2D eigenvalue weighted by Crippen LogP contribution is 2.29. The van der Waals surface area contributed by atoms with Crippen LogP contribution in [0.25, 0.3) is 11.1 Å². The molecule has 0 fully saturated rings. The minimum Gasteiger partial charge on any atom is -0.398 e. The number of hydrogen-bond donors (Lipinski definition) is 1. The second kappa shape index (κ2) is 4.62. The maximum Gasteiger partial charge on any atom is 0.175 e. The molecule has 0 saturated carbocycles. The first-order valence-electron chi connectivity index (χ1n) is 5.33. The van der Waals surface area contributed by atoms with Crippen molar-refractivity contribution in [3.05, 3.63) is 48.0 Å². The summed E-state index contributed by atoms with van der Waals surface area (Å²) in [6.07, 6.45) is 1.06. The smallest absolute Gasteiger partial charge is 0.175 e. The molecule has 6 heteroatoms. The summed E-state index contributed by atoms with van der Waals surface area (Å²) in [5.74, 6) is -1.44. The molecule has 2 aromatic carbocycles. The van der Waals surface area contributed by atoms with E-state index in [9.17, 15) is 17.2 Å². The Morgan fingerprint density at radius 2 is 1.58 bits per heavy atom. The lowest BCUT2D eigenvalue weighted by molar-refractivity contribution is 0.584. The Bertz CT molecular complexity index is 722. The summed E-state index contributed by atoms with van der Waals surface area (Å²) in [4.78, 5) is 0.0608. The van der Waals surface area contributed by atoms with Crippen LogP contribution in [0.3, 0.4) is 0 Å². The monoisotopic (exact) mass is 283 g/mol. The lowest BCUT2D eigenvalue weighted by atomic mass is 10.0. The molecule has 3 nitrogen and oxygen atoms in total. The van der Waals surface area contributed by atoms with Gasteiger partial charge < -0.3 is 5.73 Å². The summed E-state index contributed by atoms with van der Waals surface area (Å²) in [7, 11) is -3.37. The van der Waals surface area contributed by atoms with Crippen LogP contribution in [0.1, 0.15) is 0 Å². The van der Waals surface area contributed by atoms with Gasteiger partial charge in [-0.15, -0.1) is 0 Å². The first kappa shape index (κ1) is 13.5. The van der Waals surface area contributed by atoms with E-state index < -0.39 is 21.5 Å². The Labute approximate surface area is 109 Å². The minimum atomic E-state index is -3.37. The van der Waals surface area contributed by atoms with Gasteiger partial charge in [0.05, 0.1) is 4.90 Å². The Balaban J connectivity index is 2.58. The second-order valence-corrected chi connectivity index (χ2v) is 6.20. The van der Waals surface area contributed by atoms with Gasteiger partial charge in [-0.2, -0.15) is 0 Å². The van der Waals surface area contributed by atoms with E-state index in [1.165, 1.54) is 18.2 Å². The van der Waals surface area contributed by atoms with E-state index in [0.717, 1.165) is 24.5 Å². The predicted octanol–water partition coefficient (Wildman–Crippen LogP) is 2.62. The molecule has 0 aliphatic rings. The molecule has 0 spiro atoms. The molecule has 0 amide bonds. The van der Waals surface area contributed by atoms with Crippen LogP contribution in [-0.4, -0.2) is 14.7 Å². The molecule has 2 aromatic rings. The van der Waals surface area contributed by atoms with Gasteiger partial charge in [0.15, 0.2) is 9.84 Å². The van der Waals surface area contributed by atoms with Crippen molar-refractivity contribution in [1.82, 2.24) is 0 Å². The van der Waals surface area contributed by atoms with Crippen molar-refractivity contribution >= 4 is 15.5 Å². The normalized spacial score (nSPS) is 11.5. The molecule has 0 unspecified atom stereocenters. The third-order valence-corrected chi connectivity index (χ3v) is 3.73. The molecular formula is C13H11F2NO2S. The fourth-order valence-corrected chi connectivity index (χ4v) is 2.40. The Morgan fingerprint density at radius 1 is 1.00 bits per heavy atom. The number of benzene rings is 2. The van der Waals surface area contributed by atoms with Gasteiger partial charge >= 0.3 is 0 Å². The van der Waals surface area contributed by atoms with E-state index in [2.05, 4.69) is 0 Å². The topological polar surface area (TPSA) is 60.2 Å². The molecule has 0 saturated heterocycles. The van der Waals surface area contributed by atoms with E-state index in [1.807, 2.05) is 0 Å². The van der Waals surface area contributed by atoms with Crippen molar-refractivity contribution in [2.75, 3.05) is 12.0 Å². The van der Waals surface area contributed by atoms with Crippen LogP contribution < -0.4 is 5.73 Å². The summed E-state index contributed by atoms with van der Waals surface area (Å²) >= 11 is 0. The SMILES string of the molecule is CS(=O)(=O)c1ccc(-c2cc(F)cc(F)c2)c(N)c1. The Morgan fingerprint density at radius 3 is 2.05 bits per heavy atom. The molecule has 0 atom stereocenters. The number of anilines is 1. The third kappa shape index (κ3) is 2.90. The van der Waals surface area contributed by atoms with Crippen molar-refractivity contribution in [1.29, 1.82) is 0 Å². The molecule has 100 valence electrons. The largest absolute Gasteiger partial charge is 0.398 e. The fraction of sp³-hybridized carbons (Fsp3) is 0.0769. The highest BCUT2D eigenvalue weighted by Gasteiger charge is 2.11. The summed E-state index contributed by atoms with van der Waals surface area (Å²) in [6.45, 7) is 0. The van der Waals surface area contributed by atoms with Crippen molar-refractivity contribution in [2.24, 2.45) is 0 Å². The molecule has 0 aliphatic carbocycles. The summed E-state index contributed by atoms with van der Waals surface area (Å²) in [5, 5.41) is 0. The van der Waals surface area contributed by atoms with Crippen molar-refractivity contribution < 1.29 is 17.2 Å². The second-order valence-electron chi connectivity index (χ2n) is 4.18. The number of sulfone groups is 1. The molecule has 0 radical (unpaired) electrons. The van der Waals surface area contributed by atoms with Gasteiger partial charge in [0.2, 0.25) is 0 Å². The first-order chi connectivity index (χ1) is 8.77. The number of rotatable bonds is 2. The van der Waals surface area contributed by atoms with Gasteiger partial charge in [0.25, 0.3) is 0 Å². The molecule has 0 aromatic heterocycles. The van der Waals surface area contributed by atoms with Gasteiger partial charge in [-0.1, -0.05) is 6.07 Å². The van der Waals surface area contributed by atoms with E-state index in [1.54, 1.807) is 0 Å². The zero-order valence-corrected chi connectivity index (χ0v) is 10.8. The fourth-order valence-electron chi connectivity index (χ4n) is 1.74. The van der Waals surface area contributed by atoms with Gasteiger partial charge in [0, 0.05) is 23.6 Å². The van der Waals surface area contributed by atoms with Crippen LogP contribution in [0, 0.1) is 11.6 Å². The van der Waals surface area contributed by atoms with E-state index >= 15 is 0 Å². The summed E-state index contributed by atoms with van der Waals surface area (Å²) < 4.78 is 49.0. The van der Waals surface area contributed by atoms with Crippen molar-refractivity contribution in [3.63, 3.8) is 0 Å². The van der Waals surface area contributed by atoms with E-state index in [-0.39, 0.29) is 16.1 Å². The van der Waals surface area contributed by atoms with Crippen LogP contribution in [0.15, 0.2) is 41.3 Å². The highest BCUT2D eigenvalue weighted by molar-refractivity contribution is 7.90. The Hall–Kier alpha value is -1.95. The molecular weight excluding hydrogens is 272 g/mol. The number of nitrogens with two attached hydrogens (primary N) is 1. The molecule has 2 rings (SSSR count). The lowest BCUT2D eigenvalue weighted by Gasteiger charge is -2.08. The van der Waals surface area contributed by atoms with Gasteiger partial charge in [0.1, 0.15) is 11.6 Å². The maximum atomic E-state index is 13.1. The zero-order chi connectivity index (χ0) is 14.2. The summed E-state index contributed by atoms with van der Waals surface area (Å²) in [6, 6.07) is 7.07. The standard InChI is InChI=1S/C13H11F2NO2S/c1-19(17,18)11-2-3-12(13(16)7-11)8-4-9(14)6-10(15)5-8/h2-7H,16H2,1H3. The molecule has 19 heavy (non-hydrogen) atoms. The van der Waals surface area contributed by atoms with Crippen LogP contribution in [0.2, 0.25) is 0 Å². The average Bonchev–Trinajstić information content (AvgIpc) is 2.26. The van der Waals surface area contributed by atoms with Gasteiger partial charge in [-0.3, -0.25) is 0 Å². The van der Waals surface area contributed by atoms with Gasteiger partial charge in [-0.05, 0) is 29.8 Å². The highest BCUT2D eigenvalue weighted by atomic mass is 32.2.